The van der Waals surface area contributed by atoms with Crippen LogP contribution >= 0.6 is 0 Å². The maximum Gasteiger partial charge on any atom is 0.762 e. The molecule has 0 radical (unpaired) electrons. The predicted molar refractivity (Wildman–Crippen MR) is 429 cm³/mol. The number of rotatable bonds is 13. The Kier molecular flexibility index (Phi) is 100. The van der Waals surface area contributed by atoms with Crippen LogP contribution in [0, 0.1) is 31.1 Å². The number of carbonyl (C=O) groups is 1. The molecule has 9 rings (SSSR count). The number of epoxide rings is 1. The van der Waals surface area contributed by atoms with E-state index in [9.17, 15) is 28.0 Å². The second-order valence-electron chi connectivity index (χ2n) is 23.2. The monoisotopic (exact) mass is 1610 g/mol. The molecule has 4 saturated heterocycles. The molecule has 7 aliphatic rings. The van der Waals surface area contributed by atoms with Gasteiger partial charge >= 0.3 is 13.5 Å². The molecular formula is C79H159BF3N2O17PdSi-. The molecule has 2 aromatic carbocycles. The Bertz CT molecular complexity index is 2060. The van der Waals surface area contributed by atoms with Crippen molar-refractivity contribution < 1.29 is 119 Å². The molecule has 0 aliphatic carbocycles. The van der Waals surface area contributed by atoms with Crippen molar-refractivity contribution in [3.8, 4) is 0 Å². The van der Waals surface area contributed by atoms with E-state index in [0.717, 1.165) is 32.8 Å². The predicted octanol–water partition coefficient (Wildman–Crippen LogP) is 14.6. The van der Waals surface area contributed by atoms with Gasteiger partial charge in [-0.05, 0) is 82.8 Å². The third-order valence-corrected chi connectivity index (χ3v) is 18.5. The van der Waals surface area contributed by atoms with E-state index in [4.69, 9.17) is 76.6 Å². The Morgan fingerprint density at radius 1 is 0.635 bits per heavy atom. The average Bonchev–Trinajstić information content (AvgIpc) is 1.64. The number of nitrogens with zero attached hydrogens (tertiary/aromatic N) is 1. The topological polar surface area (TPSA) is 274 Å². The molecule has 2 aromatic rings. The zero-order chi connectivity index (χ0) is 77.1. The molecule has 7 heterocycles. The van der Waals surface area contributed by atoms with Gasteiger partial charge in [-0.1, -0.05) is 230 Å². The van der Waals surface area contributed by atoms with Crippen molar-refractivity contribution in [1.82, 2.24) is 4.90 Å². The minimum Gasteiger partial charge on any atom is -0.501 e. The van der Waals surface area contributed by atoms with Gasteiger partial charge in [0.1, 0.15) is 36.6 Å². The number of ether oxygens (including phenoxy) is 9. The quantitative estimate of drug-likeness (QED) is 0.0304. The first kappa shape index (κ1) is 119. The Hall–Kier alpha value is -2.98. The van der Waals surface area contributed by atoms with Crippen molar-refractivity contribution in [3.63, 3.8) is 0 Å². The van der Waals surface area contributed by atoms with E-state index in [1.165, 1.54) is 55.8 Å². The SMILES string of the molecule is C.C.C.C.CC(=O)O[C@H]1C=COC[C@H]1C.CCN(CC)CC.CCO.CCOCC.CC[SiH](CC)CC.C[C@@H](C[C@@H]1COC[C@@H](O)[C@H]1O)c1ccccc1.C[C@@H](N)c1ccccc1.C[C@@H]1COC[C@@H](O)[C@H]1O.C[C@H]1C=CCOC1.FB(F)F.O[C@@H]1COC[C@@H]2O[C@H]12.O[C@H]1C=CCOC1.[2H]CC.[2H]CC.[CH3-].[Pd]. The minimum absolute atomic E-state index is 0. The number of esters is 1. The Morgan fingerprint density at radius 3 is 1.36 bits per heavy atom. The number of halogens is 3. The normalized spacial score (nSPS) is 24.0. The van der Waals surface area contributed by atoms with Crippen molar-refractivity contribution in [2.24, 2.45) is 29.4 Å². The molecule has 7 aliphatic heterocycles. The van der Waals surface area contributed by atoms with Crippen LogP contribution < -0.4 is 5.73 Å². The van der Waals surface area contributed by atoms with Crippen molar-refractivity contribution >= 4 is 22.3 Å². The first-order valence-corrected chi connectivity index (χ1v) is 37.8. The minimum atomic E-state index is -3.67. The molecule has 9 N–H and O–H groups in total. The summed E-state index contributed by atoms with van der Waals surface area (Å²) in [4.78, 5) is 12.9. The summed E-state index contributed by atoms with van der Waals surface area (Å²) in [7, 11) is -3.84. The van der Waals surface area contributed by atoms with E-state index >= 15 is 0 Å². The third kappa shape index (κ3) is 73.2. The van der Waals surface area contributed by atoms with Gasteiger partial charge in [-0.25, -0.2) is 0 Å². The molecule has 626 valence electrons. The summed E-state index contributed by atoms with van der Waals surface area (Å²) in [6.07, 6.45) is 8.76. The van der Waals surface area contributed by atoms with Gasteiger partial charge in [-0.2, -0.15) is 0 Å². The second kappa shape index (κ2) is 87.3. The van der Waals surface area contributed by atoms with Crippen LogP contribution in [-0.4, -0.2) is 230 Å². The summed E-state index contributed by atoms with van der Waals surface area (Å²) in [5, 5.41) is 62.8. The number of hydrogen-bond donors (Lipinski definition) is 8. The van der Waals surface area contributed by atoms with Gasteiger partial charge in [0, 0.05) is 82.5 Å². The van der Waals surface area contributed by atoms with Crippen LogP contribution in [0.3, 0.4) is 0 Å². The van der Waals surface area contributed by atoms with Gasteiger partial charge < -0.3 is 96.4 Å². The fourth-order valence-corrected chi connectivity index (χ4v) is 10.8. The Morgan fingerprint density at radius 2 is 1.07 bits per heavy atom. The number of fused-ring (bicyclic) bond motifs is 1. The van der Waals surface area contributed by atoms with Crippen LogP contribution in [0.15, 0.2) is 97.3 Å². The molecule has 0 aromatic heterocycles. The largest absolute Gasteiger partial charge is 0.762 e. The molecular weight excluding hydrogens is 1450 g/mol. The summed E-state index contributed by atoms with van der Waals surface area (Å²) < 4.78 is 86.4. The second-order valence-corrected chi connectivity index (χ2v) is 27.3. The van der Waals surface area contributed by atoms with E-state index < -0.39 is 32.0 Å². The maximum atomic E-state index is 10.6. The number of benzene rings is 2. The van der Waals surface area contributed by atoms with E-state index in [0.29, 0.717) is 71.9 Å². The molecule has 19 nitrogen and oxygen atoms in total. The Labute approximate surface area is 653 Å². The smallest absolute Gasteiger partial charge is 0.501 e. The summed E-state index contributed by atoms with van der Waals surface area (Å²) in [5.74, 6) is 1.10. The molecule has 0 amide bonds. The van der Waals surface area contributed by atoms with Crippen LogP contribution in [0.5, 0.6) is 0 Å². The molecule has 0 unspecified atom stereocenters. The van der Waals surface area contributed by atoms with Crippen molar-refractivity contribution in [2.75, 3.05) is 112 Å². The van der Waals surface area contributed by atoms with Crippen LogP contribution in [0.25, 0.3) is 0 Å². The van der Waals surface area contributed by atoms with Gasteiger partial charge in [0.15, 0.2) is 0 Å². The molecule has 15 atom stereocenters. The van der Waals surface area contributed by atoms with Gasteiger partial charge in [0.25, 0.3) is 0 Å². The molecule has 25 heteroatoms. The first-order valence-electron chi connectivity index (χ1n) is 36.7. The van der Waals surface area contributed by atoms with Crippen LogP contribution in [-0.2, 0) is 67.8 Å². The van der Waals surface area contributed by atoms with E-state index in [2.05, 4.69) is 84.6 Å². The summed E-state index contributed by atoms with van der Waals surface area (Å²) >= 11 is 0. The first-order chi connectivity index (χ1) is 47.6. The van der Waals surface area contributed by atoms with Crippen molar-refractivity contribution in [1.29, 1.82) is 0 Å². The third-order valence-electron chi connectivity index (χ3n) is 15.1. The van der Waals surface area contributed by atoms with Crippen molar-refractivity contribution in [2.45, 2.75) is 253 Å². The number of hydrogen-bond acceptors (Lipinski definition) is 19. The summed E-state index contributed by atoms with van der Waals surface area (Å²) in [6.45, 7) is 47.0. The molecule has 4 fully saturated rings. The summed E-state index contributed by atoms with van der Waals surface area (Å²) in [6, 6.07) is 24.9. The molecule has 0 spiro atoms. The standard InChI is InChI=1S/C14H20O3.C8H11N.C8H12O3.C6H15N.C6H12O3.C6H10O.C6H16Si.C5H8O3.C5H8O2.C4H10O.C2H6O.2C2H6.4CH4.CH3.BF3.Pd/c1-10(11-5-3-2-4-6-11)7-12-8-17-9-13(15)14(12)16;1-7(9)8-5-3-2-4-6-8;1-6-5-10-4-3-8(6)11-7(2)9;1-4-7(5-2)6-3;1-4-2-9-3-5(7)6(4)8;1-6-3-2-4-7-5-6;1-4-7(5-2)6-3;6-3-1-7-2-4-5(3)8-4;6-5-2-1-3-7-4-5;1-3-5-4-2;1-2-3;2*1-2;;;;;;2-1(3)4;/h2-6,10,12-16H,7-9H2,1H3;2-7H,9H2,1H3;3-4,6,8H,5H2,1-2H3;4-6H2,1-3H3;4-8H,2-3H2,1H3;2-3,6H,4-5H2,1H3;7H,4-6H2,1-3H3;3-6H,1-2H2;1-2,5-6H,3-4H2;3-4H2,1-2H3;3H,2H2,1H3;2*1-2H3;4*1H4;1H3;;/q;;;;;;;;;;;;;;;;;-1;;/t10-,12+,13+,14-;7-;6-,8+;;4-,5-,6+;6-;;3-,4+,5-;5-;;;;;;;;;;;/m011.10.10.........../s1/i;;;;;;;;;;;2*1D;;;;;;;. The molecule has 0 saturated carbocycles. The fraction of sp³-hybridized carbons (Fsp3) is 0.747. The summed E-state index contributed by atoms with van der Waals surface area (Å²) in [5.41, 5.74) is 8.07. The maximum absolute atomic E-state index is 10.6. The van der Waals surface area contributed by atoms with E-state index in [-0.39, 0.29) is 146 Å². The number of aliphatic hydroxyl groups excluding tert-OH is 7. The van der Waals surface area contributed by atoms with E-state index in [1.807, 2.05) is 89.2 Å². The number of nitrogens with two attached hydrogens (primary N) is 1. The van der Waals surface area contributed by atoms with Gasteiger partial charge in [0.2, 0.25) is 0 Å². The number of aliphatic hydroxyl groups is 7. The van der Waals surface area contributed by atoms with E-state index in [1.54, 1.807) is 39.2 Å². The molecule has 0 bridgehead atoms. The zero-order valence-corrected chi connectivity index (χ0v) is 67.2. The fourth-order valence-electron chi connectivity index (χ4n) is 9.07. The van der Waals surface area contributed by atoms with Gasteiger partial charge in [-0.3, -0.25) is 17.7 Å². The van der Waals surface area contributed by atoms with Crippen LogP contribution in [0.4, 0.5) is 12.9 Å². The van der Waals surface area contributed by atoms with Gasteiger partial charge in [0.05, 0.1) is 97.2 Å². The van der Waals surface area contributed by atoms with Crippen LogP contribution in [0.1, 0.15) is 193 Å². The number of carbonyl (C=O) groups excluding carboxylic acids is 1. The Balaban J connectivity index is -0.000000104. The van der Waals surface area contributed by atoms with Gasteiger partial charge in [-0.15, -0.1) is 0 Å². The van der Waals surface area contributed by atoms with Crippen LogP contribution in [0.2, 0.25) is 18.1 Å². The average molecular weight is 1610 g/mol. The zero-order valence-electron chi connectivity index (χ0n) is 66.5. The molecule has 104 heavy (non-hydrogen) atoms. The van der Waals surface area contributed by atoms with Crippen molar-refractivity contribution in [3.05, 3.63) is 116 Å².